The first-order valence-corrected chi connectivity index (χ1v) is 6.00. The Morgan fingerprint density at radius 3 is 2.70 bits per heavy atom. The summed E-state index contributed by atoms with van der Waals surface area (Å²) >= 11 is 5.88. The second kappa shape index (κ2) is 5.79. The van der Waals surface area contributed by atoms with Gasteiger partial charge in [-0.3, -0.25) is 0 Å². The number of para-hydroxylation sites is 1. The Balaban J connectivity index is 2.45. The molecule has 0 radical (unpaired) electrons. The molecule has 104 valence electrons. The van der Waals surface area contributed by atoms with Crippen molar-refractivity contribution in [2.45, 2.75) is 0 Å². The molecule has 0 atom stereocenters. The van der Waals surface area contributed by atoms with E-state index in [-0.39, 0.29) is 27.8 Å². The predicted octanol–water partition coefficient (Wildman–Crippen LogP) is 3.64. The lowest BCUT2D eigenvalue weighted by atomic mass is 10.1. The number of carbonyl (C=O) groups is 1. The fourth-order valence-corrected chi connectivity index (χ4v) is 1.81. The predicted molar refractivity (Wildman–Crippen MR) is 73.7 cm³/mol. The molecular formula is C14H11ClFNO3. The first-order chi connectivity index (χ1) is 9.52. The molecule has 6 heteroatoms. The topological polar surface area (TPSA) is 61.5 Å². The Bertz CT molecular complexity index is 661. The van der Waals surface area contributed by atoms with Gasteiger partial charge in [0.15, 0.2) is 5.75 Å². The van der Waals surface area contributed by atoms with Gasteiger partial charge in [-0.05, 0) is 30.3 Å². The maximum absolute atomic E-state index is 13.0. The Morgan fingerprint density at radius 2 is 2.05 bits per heavy atom. The number of nitrogens with two attached hydrogens (primary N) is 1. The molecule has 0 saturated carbocycles. The summed E-state index contributed by atoms with van der Waals surface area (Å²) < 4.78 is 23.2. The largest absolute Gasteiger partial charge is 0.465 e. The van der Waals surface area contributed by atoms with Gasteiger partial charge >= 0.3 is 5.97 Å². The maximum atomic E-state index is 13.0. The summed E-state index contributed by atoms with van der Waals surface area (Å²) in [5.41, 5.74) is 6.20. The minimum atomic E-state index is -0.592. The molecule has 20 heavy (non-hydrogen) atoms. The monoisotopic (exact) mass is 295 g/mol. The van der Waals surface area contributed by atoms with Gasteiger partial charge < -0.3 is 15.2 Å². The summed E-state index contributed by atoms with van der Waals surface area (Å²) in [6.07, 6.45) is 0. The molecule has 0 unspecified atom stereocenters. The average molecular weight is 296 g/mol. The number of hydrogen-bond donors (Lipinski definition) is 1. The van der Waals surface area contributed by atoms with Crippen molar-refractivity contribution in [1.29, 1.82) is 0 Å². The number of halogens is 2. The fraction of sp³-hybridized carbons (Fsp3) is 0.0714. The van der Waals surface area contributed by atoms with Gasteiger partial charge in [0.1, 0.15) is 17.1 Å². The summed E-state index contributed by atoms with van der Waals surface area (Å²) in [5.74, 6) is -0.772. The number of hydrogen-bond acceptors (Lipinski definition) is 4. The van der Waals surface area contributed by atoms with E-state index >= 15 is 0 Å². The fourth-order valence-electron chi connectivity index (χ4n) is 1.61. The van der Waals surface area contributed by atoms with Crippen LogP contribution in [0, 0.1) is 5.82 Å². The van der Waals surface area contributed by atoms with Crippen molar-refractivity contribution in [3.63, 3.8) is 0 Å². The van der Waals surface area contributed by atoms with Crippen LogP contribution in [0.25, 0.3) is 0 Å². The van der Waals surface area contributed by atoms with Gasteiger partial charge in [0.25, 0.3) is 0 Å². The zero-order valence-corrected chi connectivity index (χ0v) is 11.3. The first-order valence-electron chi connectivity index (χ1n) is 5.62. The van der Waals surface area contributed by atoms with E-state index in [1.165, 1.54) is 25.3 Å². The Kier molecular flexibility index (Phi) is 4.10. The molecule has 2 aromatic carbocycles. The van der Waals surface area contributed by atoms with E-state index < -0.39 is 11.8 Å². The van der Waals surface area contributed by atoms with Gasteiger partial charge in [-0.1, -0.05) is 17.7 Å². The smallest absolute Gasteiger partial charge is 0.341 e. The van der Waals surface area contributed by atoms with Crippen LogP contribution in [0.2, 0.25) is 5.02 Å². The van der Waals surface area contributed by atoms with Crippen molar-refractivity contribution >= 4 is 23.3 Å². The van der Waals surface area contributed by atoms with E-state index in [1.54, 1.807) is 12.1 Å². The number of benzene rings is 2. The van der Waals surface area contributed by atoms with Gasteiger partial charge in [0.05, 0.1) is 17.8 Å². The van der Waals surface area contributed by atoms with Crippen LogP contribution in [-0.4, -0.2) is 13.1 Å². The summed E-state index contributed by atoms with van der Waals surface area (Å²) in [7, 11) is 1.25. The molecule has 0 bridgehead atoms. The Morgan fingerprint density at radius 1 is 1.30 bits per heavy atom. The standard InChI is InChI=1S/C14H11ClFNO3/c1-19-14(18)9-3-2-4-11(17)13(9)20-12-6-5-8(16)7-10(12)15/h2-7H,17H2,1H3. The highest BCUT2D eigenvalue weighted by Crippen LogP contribution is 2.35. The number of ether oxygens (including phenoxy) is 2. The molecule has 2 N–H and O–H groups in total. The van der Waals surface area contributed by atoms with Gasteiger partial charge in [0, 0.05) is 0 Å². The van der Waals surface area contributed by atoms with Crippen LogP contribution >= 0.6 is 11.6 Å². The van der Waals surface area contributed by atoms with Gasteiger partial charge in [0.2, 0.25) is 0 Å². The number of carbonyl (C=O) groups excluding carboxylic acids is 1. The molecule has 0 amide bonds. The Labute approximate surface area is 119 Å². The van der Waals surface area contributed by atoms with Crippen molar-refractivity contribution in [1.82, 2.24) is 0 Å². The zero-order valence-electron chi connectivity index (χ0n) is 10.5. The quantitative estimate of drug-likeness (QED) is 0.693. The minimum absolute atomic E-state index is 0.0732. The van der Waals surface area contributed by atoms with Crippen molar-refractivity contribution in [2.24, 2.45) is 0 Å². The van der Waals surface area contributed by atoms with Crippen LogP contribution in [0.15, 0.2) is 36.4 Å². The van der Waals surface area contributed by atoms with E-state index in [1.807, 2.05) is 0 Å². The van der Waals surface area contributed by atoms with Crippen molar-refractivity contribution in [3.05, 3.63) is 52.8 Å². The van der Waals surface area contributed by atoms with Gasteiger partial charge in [-0.25, -0.2) is 9.18 Å². The molecule has 0 spiro atoms. The summed E-state index contributed by atoms with van der Waals surface area (Å²) in [6, 6.07) is 8.33. The zero-order chi connectivity index (χ0) is 14.7. The molecule has 4 nitrogen and oxygen atoms in total. The van der Waals surface area contributed by atoms with E-state index in [4.69, 9.17) is 22.1 Å². The molecule has 0 aromatic heterocycles. The number of nitrogen functional groups attached to an aromatic ring is 1. The lowest BCUT2D eigenvalue weighted by Crippen LogP contribution is -2.05. The summed E-state index contributed by atoms with van der Waals surface area (Å²) in [6.45, 7) is 0. The minimum Gasteiger partial charge on any atom is -0.465 e. The number of esters is 1. The number of rotatable bonds is 3. The normalized spacial score (nSPS) is 10.2. The van der Waals surface area contributed by atoms with Crippen LogP contribution in [-0.2, 0) is 4.74 Å². The molecule has 0 aliphatic rings. The van der Waals surface area contributed by atoms with Crippen molar-refractivity contribution in [3.8, 4) is 11.5 Å². The molecule has 2 aromatic rings. The third-order valence-electron chi connectivity index (χ3n) is 2.56. The maximum Gasteiger partial charge on any atom is 0.341 e. The second-order valence-electron chi connectivity index (χ2n) is 3.89. The van der Waals surface area contributed by atoms with Crippen LogP contribution in [0.1, 0.15) is 10.4 Å². The van der Waals surface area contributed by atoms with Crippen LogP contribution in [0.5, 0.6) is 11.5 Å². The van der Waals surface area contributed by atoms with Crippen molar-refractivity contribution in [2.75, 3.05) is 12.8 Å². The lowest BCUT2D eigenvalue weighted by Gasteiger charge is -2.13. The van der Waals surface area contributed by atoms with Crippen LogP contribution in [0.4, 0.5) is 10.1 Å². The summed E-state index contributed by atoms with van der Waals surface area (Å²) in [5, 5.41) is 0.0732. The molecule has 0 fully saturated rings. The number of anilines is 1. The molecule has 2 rings (SSSR count). The third-order valence-corrected chi connectivity index (χ3v) is 2.85. The lowest BCUT2D eigenvalue weighted by molar-refractivity contribution is 0.0598. The molecule has 0 saturated heterocycles. The van der Waals surface area contributed by atoms with E-state index in [2.05, 4.69) is 4.74 Å². The molecule has 0 aliphatic heterocycles. The molecular weight excluding hydrogens is 285 g/mol. The summed E-state index contributed by atoms with van der Waals surface area (Å²) in [4.78, 5) is 11.7. The molecule has 0 aliphatic carbocycles. The second-order valence-corrected chi connectivity index (χ2v) is 4.30. The third kappa shape index (κ3) is 2.83. The van der Waals surface area contributed by atoms with Gasteiger partial charge in [-0.15, -0.1) is 0 Å². The van der Waals surface area contributed by atoms with E-state index in [0.717, 1.165) is 6.07 Å². The van der Waals surface area contributed by atoms with E-state index in [9.17, 15) is 9.18 Å². The molecule has 0 heterocycles. The average Bonchev–Trinajstić information content (AvgIpc) is 2.42. The van der Waals surface area contributed by atoms with Crippen molar-refractivity contribution < 1.29 is 18.7 Å². The highest BCUT2D eigenvalue weighted by molar-refractivity contribution is 6.32. The Hall–Kier alpha value is -2.27. The SMILES string of the molecule is COC(=O)c1cccc(N)c1Oc1ccc(F)cc1Cl. The number of methoxy groups -OCH3 is 1. The highest BCUT2D eigenvalue weighted by atomic mass is 35.5. The first kappa shape index (κ1) is 14.1. The van der Waals surface area contributed by atoms with Gasteiger partial charge in [-0.2, -0.15) is 0 Å². The highest BCUT2D eigenvalue weighted by Gasteiger charge is 2.17. The van der Waals surface area contributed by atoms with Crippen LogP contribution in [0.3, 0.4) is 0 Å². The van der Waals surface area contributed by atoms with Crippen LogP contribution < -0.4 is 10.5 Å². The van der Waals surface area contributed by atoms with E-state index in [0.29, 0.717) is 0 Å².